The van der Waals surface area contributed by atoms with Crippen molar-refractivity contribution in [3.05, 3.63) is 65.2 Å². The van der Waals surface area contributed by atoms with Crippen LogP contribution in [0.4, 0.5) is 5.69 Å². The van der Waals surface area contributed by atoms with E-state index in [2.05, 4.69) is 11.0 Å². The fraction of sp³-hybridized carbons (Fsp3) is 0.391. The number of aromatic carboxylic acids is 1. The summed E-state index contributed by atoms with van der Waals surface area (Å²) in [4.78, 5) is 15.3. The van der Waals surface area contributed by atoms with Gasteiger partial charge in [-0.15, -0.1) is 0 Å². The van der Waals surface area contributed by atoms with Crippen LogP contribution in [0.3, 0.4) is 0 Å². The average molecular weight is 393 g/mol. The van der Waals surface area contributed by atoms with Gasteiger partial charge in [0.1, 0.15) is 0 Å². The zero-order valence-corrected chi connectivity index (χ0v) is 16.7. The van der Waals surface area contributed by atoms with Crippen LogP contribution in [0.15, 0.2) is 48.5 Å². The maximum absolute atomic E-state index is 11.0. The molecular formula is C23H27N3O3. The van der Waals surface area contributed by atoms with Gasteiger partial charge in [-0.05, 0) is 55.2 Å². The Morgan fingerprint density at radius 3 is 2.45 bits per heavy atom. The van der Waals surface area contributed by atoms with Crippen molar-refractivity contribution in [2.45, 2.75) is 24.9 Å². The Bertz CT molecular complexity index is 881. The number of carboxylic acid groups (broad SMARTS) is 1. The van der Waals surface area contributed by atoms with Gasteiger partial charge in [0.2, 0.25) is 0 Å². The second-order valence-corrected chi connectivity index (χ2v) is 7.79. The van der Waals surface area contributed by atoms with Gasteiger partial charge in [0.25, 0.3) is 0 Å². The van der Waals surface area contributed by atoms with Gasteiger partial charge >= 0.3 is 5.97 Å². The van der Waals surface area contributed by atoms with Gasteiger partial charge in [-0.1, -0.05) is 18.2 Å². The Morgan fingerprint density at radius 2 is 1.83 bits per heavy atom. The van der Waals surface area contributed by atoms with E-state index in [4.69, 9.17) is 5.11 Å². The number of hydrogen-bond donors (Lipinski definition) is 2. The second-order valence-electron chi connectivity index (χ2n) is 7.79. The first-order valence-corrected chi connectivity index (χ1v) is 9.87. The molecule has 0 aliphatic carbocycles. The molecule has 0 amide bonds. The molecule has 29 heavy (non-hydrogen) atoms. The summed E-state index contributed by atoms with van der Waals surface area (Å²) in [5.74, 6) is -0.942. The zero-order valence-electron chi connectivity index (χ0n) is 16.7. The summed E-state index contributed by atoms with van der Waals surface area (Å²) in [6, 6.07) is 16.7. The number of aliphatic hydroxyl groups is 1. The number of nitriles is 1. The molecule has 0 unspecified atom stereocenters. The average Bonchev–Trinajstić information content (AvgIpc) is 2.73. The highest BCUT2D eigenvalue weighted by Gasteiger charge is 2.33. The third kappa shape index (κ3) is 5.35. The molecular weight excluding hydrogens is 366 g/mol. The summed E-state index contributed by atoms with van der Waals surface area (Å²) in [5.41, 5.74) is 2.18. The third-order valence-electron chi connectivity index (χ3n) is 5.71. The molecule has 0 spiro atoms. The standard InChI is InChI=1S/C23H27N3O3/c1-25(21-8-6-19(7-9-21)22(27)28)17-23(29)11-14-26(15-12-23)13-10-18-4-2-3-5-20(18)16-24/h2-9,29H,10-15,17H2,1H3,(H,27,28). The molecule has 0 atom stereocenters. The van der Waals surface area contributed by atoms with Crippen LogP contribution in [-0.2, 0) is 6.42 Å². The molecule has 1 heterocycles. The molecule has 0 radical (unpaired) electrons. The summed E-state index contributed by atoms with van der Waals surface area (Å²) in [7, 11) is 1.92. The minimum Gasteiger partial charge on any atom is -0.478 e. The molecule has 3 rings (SSSR count). The molecule has 152 valence electrons. The van der Waals surface area contributed by atoms with Crippen molar-refractivity contribution in [2.75, 3.05) is 38.1 Å². The predicted molar refractivity (Wildman–Crippen MR) is 112 cm³/mol. The van der Waals surface area contributed by atoms with Gasteiger partial charge in [-0.25, -0.2) is 4.79 Å². The van der Waals surface area contributed by atoms with Crippen LogP contribution in [0.1, 0.15) is 34.3 Å². The van der Waals surface area contributed by atoms with E-state index in [1.165, 1.54) is 0 Å². The summed E-state index contributed by atoms with van der Waals surface area (Å²) >= 11 is 0. The van der Waals surface area contributed by atoms with E-state index < -0.39 is 11.6 Å². The summed E-state index contributed by atoms with van der Waals surface area (Å²) in [5, 5.41) is 29.3. The second kappa shape index (κ2) is 9.08. The minimum absolute atomic E-state index is 0.257. The number of nitrogens with zero attached hydrogens (tertiary/aromatic N) is 3. The van der Waals surface area contributed by atoms with Crippen LogP contribution in [0.2, 0.25) is 0 Å². The lowest BCUT2D eigenvalue weighted by Gasteiger charge is -2.40. The summed E-state index contributed by atoms with van der Waals surface area (Å²) in [6.07, 6.45) is 2.20. The predicted octanol–water partition coefficient (Wildman–Crippen LogP) is 2.76. The summed E-state index contributed by atoms with van der Waals surface area (Å²) in [6.45, 7) is 3.01. The number of hydrogen-bond acceptors (Lipinski definition) is 5. The summed E-state index contributed by atoms with van der Waals surface area (Å²) < 4.78 is 0. The van der Waals surface area contributed by atoms with Crippen molar-refractivity contribution < 1.29 is 15.0 Å². The van der Waals surface area contributed by atoms with Gasteiger partial charge in [0.05, 0.1) is 22.8 Å². The first kappa shape index (κ1) is 20.8. The van der Waals surface area contributed by atoms with Crippen molar-refractivity contribution in [3.8, 4) is 6.07 Å². The molecule has 2 aromatic rings. The first-order valence-electron chi connectivity index (χ1n) is 9.87. The van der Waals surface area contributed by atoms with E-state index in [0.29, 0.717) is 19.4 Å². The fourth-order valence-electron chi connectivity index (χ4n) is 3.87. The molecule has 1 saturated heterocycles. The van der Waals surface area contributed by atoms with Crippen molar-refractivity contribution in [2.24, 2.45) is 0 Å². The Hall–Kier alpha value is -2.88. The molecule has 0 saturated carbocycles. The highest BCUT2D eigenvalue weighted by molar-refractivity contribution is 5.88. The van der Waals surface area contributed by atoms with Crippen LogP contribution >= 0.6 is 0 Å². The molecule has 0 aromatic heterocycles. The van der Waals surface area contributed by atoms with Crippen LogP contribution in [0, 0.1) is 11.3 Å². The highest BCUT2D eigenvalue weighted by Crippen LogP contribution is 2.26. The molecule has 1 aliphatic heterocycles. The van der Waals surface area contributed by atoms with Crippen molar-refractivity contribution in [1.29, 1.82) is 5.26 Å². The van der Waals surface area contributed by atoms with E-state index in [9.17, 15) is 15.2 Å². The number of likely N-dealkylation sites (tertiary alicyclic amines) is 1. The van der Waals surface area contributed by atoms with Gasteiger partial charge in [-0.2, -0.15) is 5.26 Å². The number of benzene rings is 2. The minimum atomic E-state index is -0.942. The van der Waals surface area contributed by atoms with Gasteiger partial charge in [0, 0.05) is 38.9 Å². The Kier molecular flexibility index (Phi) is 6.53. The van der Waals surface area contributed by atoms with E-state index in [1.54, 1.807) is 24.3 Å². The normalized spacial score (nSPS) is 16.2. The molecule has 1 fully saturated rings. The Morgan fingerprint density at radius 1 is 1.17 bits per heavy atom. The highest BCUT2D eigenvalue weighted by atomic mass is 16.4. The lowest BCUT2D eigenvalue weighted by atomic mass is 9.90. The molecule has 2 N–H and O–H groups in total. The topological polar surface area (TPSA) is 87.8 Å². The Labute approximate surface area is 171 Å². The van der Waals surface area contributed by atoms with Crippen LogP contribution in [0.25, 0.3) is 0 Å². The maximum atomic E-state index is 11.0. The van der Waals surface area contributed by atoms with Crippen LogP contribution < -0.4 is 4.90 Å². The molecule has 6 nitrogen and oxygen atoms in total. The first-order chi connectivity index (χ1) is 13.9. The fourth-order valence-corrected chi connectivity index (χ4v) is 3.87. The van der Waals surface area contributed by atoms with Crippen molar-refractivity contribution in [3.63, 3.8) is 0 Å². The van der Waals surface area contributed by atoms with E-state index in [1.807, 2.05) is 36.2 Å². The number of rotatable bonds is 7. The molecule has 2 aromatic carbocycles. The number of anilines is 1. The van der Waals surface area contributed by atoms with Crippen molar-refractivity contribution in [1.82, 2.24) is 4.90 Å². The van der Waals surface area contributed by atoms with Crippen LogP contribution in [-0.4, -0.2) is 59.9 Å². The smallest absolute Gasteiger partial charge is 0.335 e. The SMILES string of the molecule is CN(CC1(O)CCN(CCc2ccccc2C#N)CC1)c1ccc(C(=O)O)cc1. The number of piperidine rings is 1. The van der Waals surface area contributed by atoms with Gasteiger partial charge in [0.15, 0.2) is 0 Å². The quantitative estimate of drug-likeness (QED) is 0.752. The number of likely N-dealkylation sites (N-methyl/N-ethyl adjacent to an activating group) is 1. The number of carboxylic acids is 1. The maximum Gasteiger partial charge on any atom is 0.335 e. The molecule has 0 bridgehead atoms. The molecule has 6 heteroatoms. The Balaban J connectivity index is 1.51. The largest absolute Gasteiger partial charge is 0.478 e. The van der Waals surface area contributed by atoms with Crippen LogP contribution in [0.5, 0.6) is 0 Å². The van der Waals surface area contributed by atoms with E-state index >= 15 is 0 Å². The van der Waals surface area contributed by atoms with Gasteiger partial charge in [-0.3, -0.25) is 0 Å². The van der Waals surface area contributed by atoms with E-state index in [-0.39, 0.29) is 5.56 Å². The van der Waals surface area contributed by atoms with Gasteiger partial charge < -0.3 is 20.0 Å². The monoisotopic (exact) mass is 393 g/mol. The third-order valence-corrected chi connectivity index (χ3v) is 5.71. The molecule has 1 aliphatic rings. The van der Waals surface area contributed by atoms with Crippen molar-refractivity contribution >= 4 is 11.7 Å². The van der Waals surface area contributed by atoms with E-state index in [0.717, 1.165) is 42.9 Å². The lowest BCUT2D eigenvalue weighted by molar-refractivity contribution is -0.0137. The zero-order chi connectivity index (χ0) is 20.9. The lowest BCUT2D eigenvalue weighted by Crippen LogP contribution is -2.50. The number of carbonyl (C=O) groups is 1.